The van der Waals surface area contributed by atoms with Crippen LogP contribution in [0.1, 0.15) is 6.92 Å². The van der Waals surface area contributed by atoms with Gasteiger partial charge in [-0.05, 0) is 30.3 Å². The number of carbonyl (C=O) groups excluding carboxylic acids is 1. The Labute approximate surface area is 349 Å². The summed E-state index contributed by atoms with van der Waals surface area (Å²) in [5.74, 6) is -2.06. The summed E-state index contributed by atoms with van der Waals surface area (Å²) in [6.07, 6.45) is 0. The van der Waals surface area contributed by atoms with E-state index in [1.807, 2.05) is 0 Å². The molecule has 4 rings (SSSR count). The van der Waals surface area contributed by atoms with Gasteiger partial charge in [0.05, 0.1) is 76.7 Å². The van der Waals surface area contributed by atoms with Gasteiger partial charge in [-0.2, -0.15) is 0 Å². The van der Waals surface area contributed by atoms with Crippen molar-refractivity contribution in [3.63, 3.8) is 0 Å². The van der Waals surface area contributed by atoms with Crippen LogP contribution in [0.15, 0.2) is 40.1 Å². The fourth-order valence-electron chi connectivity index (χ4n) is 3.48. The van der Waals surface area contributed by atoms with Gasteiger partial charge in [-0.1, -0.05) is 151 Å². The molecule has 24 heteroatoms. The smallest absolute Gasteiger partial charge is 0.308 e. The molecule has 0 saturated heterocycles. The number of benzene rings is 4. The van der Waals surface area contributed by atoms with E-state index < -0.39 is 57.4 Å². The van der Waals surface area contributed by atoms with Gasteiger partial charge >= 0.3 is 5.97 Å². The lowest BCUT2D eigenvalue weighted by Crippen LogP contribution is -2.17. The van der Waals surface area contributed by atoms with Crippen molar-refractivity contribution in [2.75, 3.05) is 9.44 Å². The van der Waals surface area contributed by atoms with Gasteiger partial charge in [-0.15, -0.1) is 0 Å². The predicted molar refractivity (Wildman–Crippen MR) is 205 cm³/mol. The molecule has 4 aromatic carbocycles. The van der Waals surface area contributed by atoms with Crippen molar-refractivity contribution in [1.82, 2.24) is 0 Å². The molecule has 0 amide bonds. The lowest BCUT2D eigenvalue weighted by Gasteiger charge is -2.16. The van der Waals surface area contributed by atoms with Crippen LogP contribution in [0.5, 0.6) is 11.5 Å². The molecule has 0 fully saturated rings. The average Bonchev–Trinajstić information content (AvgIpc) is 2.99. The highest BCUT2D eigenvalue weighted by Gasteiger charge is 2.31. The molecule has 0 spiro atoms. The lowest BCUT2D eigenvalue weighted by molar-refractivity contribution is -0.132. The average molecular weight is 988 g/mol. The van der Waals surface area contributed by atoms with E-state index in [9.17, 15) is 26.7 Å². The molecule has 0 saturated carbocycles. The predicted octanol–water partition coefficient (Wildman–Crippen LogP) is 13.1. The number of carbonyl (C=O) groups is 1. The van der Waals surface area contributed by atoms with Crippen LogP contribution < -0.4 is 14.2 Å². The second-order valence-corrected chi connectivity index (χ2v) is 17.4. The number of phenols is 1. The van der Waals surface area contributed by atoms with Crippen LogP contribution in [0.4, 0.5) is 11.4 Å². The second-order valence-electron chi connectivity index (χ2n) is 9.04. The maximum atomic E-state index is 12.8. The van der Waals surface area contributed by atoms with E-state index in [1.54, 1.807) is 0 Å². The standard InChI is InChI=1S/C14H7Cl6NO4S.C12H4Cl7NO3S/c1-5(22)25-13-10(19)3-9(18)12(20)14(13)26(23,24)21-11-4-7(16)6(15)2-8(11)17;13-3-1-5(15)11(21)12(8(3)17)24(22,23)20-6-2-4(14)7(16)10(19)9(6)18/h2-4,21H,1H3;1-2,20-21H. The zero-order valence-electron chi connectivity index (χ0n) is 23.5. The Balaban J connectivity index is 0.000000271. The Morgan fingerprint density at radius 3 is 1.50 bits per heavy atom. The van der Waals surface area contributed by atoms with Crippen molar-refractivity contribution in [2.24, 2.45) is 0 Å². The van der Waals surface area contributed by atoms with Crippen LogP contribution in [0, 0.1) is 0 Å². The number of aromatic hydroxyl groups is 1. The zero-order chi connectivity index (χ0) is 38.2. The van der Waals surface area contributed by atoms with Crippen LogP contribution in [0.2, 0.25) is 65.3 Å². The Morgan fingerprint density at radius 2 is 0.940 bits per heavy atom. The molecule has 0 atom stereocenters. The van der Waals surface area contributed by atoms with Crippen molar-refractivity contribution in [3.05, 3.63) is 95.6 Å². The van der Waals surface area contributed by atoms with Crippen molar-refractivity contribution in [1.29, 1.82) is 0 Å². The fourth-order valence-corrected chi connectivity index (χ4v) is 9.69. The van der Waals surface area contributed by atoms with E-state index in [1.165, 1.54) is 12.1 Å². The molecule has 270 valence electrons. The number of hydrogen-bond acceptors (Lipinski definition) is 7. The number of sulfonamides is 2. The zero-order valence-corrected chi connectivity index (χ0v) is 35.0. The van der Waals surface area contributed by atoms with E-state index in [0.717, 1.165) is 25.1 Å². The third kappa shape index (κ3) is 9.93. The molecule has 0 unspecified atom stereocenters. The molecular formula is C26H11Cl13N2O7S2. The first kappa shape index (κ1) is 43.8. The van der Waals surface area contributed by atoms with Gasteiger partial charge in [-0.3, -0.25) is 14.2 Å². The molecule has 0 aliphatic heterocycles. The molecule has 0 bridgehead atoms. The van der Waals surface area contributed by atoms with E-state index in [2.05, 4.69) is 9.44 Å². The number of phenolic OH excluding ortho intramolecular Hbond substituents is 1. The largest absolute Gasteiger partial charge is 0.505 e. The van der Waals surface area contributed by atoms with Crippen LogP contribution in [0.25, 0.3) is 0 Å². The molecule has 3 N–H and O–H groups in total. The summed E-state index contributed by atoms with van der Waals surface area (Å²) in [4.78, 5) is 9.96. The number of hydrogen-bond donors (Lipinski definition) is 3. The van der Waals surface area contributed by atoms with Gasteiger partial charge < -0.3 is 9.84 Å². The minimum Gasteiger partial charge on any atom is -0.505 e. The van der Waals surface area contributed by atoms with Crippen LogP contribution in [0.3, 0.4) is 0 Å². The highest BCUT2D eigenvalue weighted by atomic mass is 35.5. The Hall–Kier alpha value is -0.580. The molecule has 0 aromatic heterocycles. The van der Waals surface area contributed by atoms with Crippen molar-refractivity contribution in [3.8, 4) is 11.5 Å². The summed E-state index contributed by atoms with van der Waals surface area (Å²) in [5.41, 5.74) is -0.260. The minimum absolute atomic E-state index is 0.0266. The Kier molecular flexibility index (Phi) is 15.1. The van der Waals surface area contributed by atoms with Crippen LogP contribution in [-0.2, 0) is 24.8 Å². The third-order valence-corrected chi connectivity index (χ3v) is 13.6. The number of nitrogens with one attached hydrogen (secondary N) is 2. The molecule has 0 aliphatic rings. The summed E-state index contributed by atoms with van der Waals surface area (Å²) in [6, 6.07) is 5.85. The summed E-state index contributed by atoms with van der Waals surface area (Å²) in [7, 11) is -8.87. The van der Waals surface area contributed by atoms with Crippen LogP contribution in [-0.4, -0.2) is 27.9 Å². The topological polar surface area (TPSA) is 139 Å². The lowest BCUT2D eigenvalue weighted by atomic mass is 10.3. The van der Waals surface area contributed by atoms with Gasteiger partial charge in [0.2, 0.25) is 0 Å². The minimum atomic E-state index is -4.43. The quantitative estimate of drug-likeness (QED) is 0.0725. The number of rotatable bonds is 7. The van der Waals surface area contributed by atoms with E-state index in [4.69, 9.17) is 156 Å². The second kappa shape index (κ2) is 17.3. The van der Waals surface area contributed by atoms with E-state index in [-0.39, 0.29) is 66.6 Å². The van der Waals surface area contributed by atoms with Crippen molar-refractivity contribution < 1.29 is 31.5 Å². The maximum absolute atomic E-state index is 12.8. The normalized spacial score (nSPS) is 11.5. The number of halogens is 13. The molecule has 9 nitrogen and oxygen atoms in total. The Bertz CT molecular complexity index is 2250. The summed E-state index contributed by atoms with van der Waals surface area (Å²) >= 11 is 76.5. The summed E-state index contributed by atoms with van der Waals surface area (Å²) in [5, 5.41) is 8.00. The number of esters is 1. The van der Waals surface area contributed by atoms with Gasteiger partial charge in [0, 0.05) is 6.92 Å². The monoisotopic (exact) mass is 982 g/mol. The maximum Gasteiger partial charge on any atom is 0.308 e. The molecule has 50 heavy (non-hydrogen) atoms. The van der Waals surface area contributed by atoms with Crippen molar-refractivity contribution >= 4 is 188 Å². The highest BCUT2D eigenvalue weighted by Crippen LogP contribution is 2.46. The van der Waals surface area contributed by atoms with Gasteiger partial charge in [0.25, 0.3) is 20.0 Å². The number of anilines is 2. The molecule has 0 heterocycles. The Morgan fingerprint density at radius 1 is 0.520 bits per heavy atom. The van der Waals surface area contributed by atoms with E-state index in [0.29, 0.717) is 0 Å². The van der Waals surface area contributed by atoms with Gasteiger partial charge in [0.1, 0.15) is 0 Å². The first-order valence-electron chi connectivity index (χ1n) is 12.2. The van der Waals surface area contributed by atoms with Gasteiger partial charge in [-0.25, -0.2) is 16.8 Å². The fraction of sp³-hybridized carbons (Fsp3) is 0.0385. The molecule has 4 aromatic rings. The summed E-state index contributed by atoms with van der Waals surface area (Å²) in [6.45, 7) is 1.07. The summed E-state index contributed by atoms with van der Waals surface area (Å²) < 4.78 is 60.0. The molecule has 0 radical (unpaired) electrons. The molecular weight excluding hydrogens is 977 g/mol. The van der Waals surface area contributed by atoms with Crippen LogP contribution >= 0.6 is 151 Å². The molecule has 0 aliphatic carbocycles. The highest BCUT2D eigenvalue weighted by molar-refractivity contribution is 7.93. The third-order valence-electron chi connectivity index (χ3n) is 5.57. The number of ether oxygens (including phenoxy) is 1. The van der Waals surface area contributed by atoms with Crippen molar-refractivity contribution in [2.45, 2.75) is 16.7 Å². The SMILES string of the molecule is CC(=O)Oc1c(Cl)cc(Cl)c(Cl)c1S(=O)(=O)Nc1cc(Cl)c(Cl)cc1Cl.O=S(=O)(Nc1cc(Cl)c(Cl)c(Cl)c1Cl)c1c(O)c(Cl)cc(Cl)c1Cl. The van der Waals surface area contributed by atoms with E-state index >= 15 is 0 Å². The first-order valence-corrected chi connectivity index (χ1v) is 20.0. The van der Waals surface area contributed by atoms with Gasteiger partial charge in [0.15, 0.2) is 21.3 Å². The first-order chi connectivity index (χ1) is 22.9.